The average molecular weight is 460 g/mol. The summed E-state index contributed by atoms with van der Waals surface area (Å²) in [5.74, 6) is -0.432. The Balaban J connectivity index is 1.50. The van der Waals surface area contributed by atoms with Gasteiger partial charge in [-0.2, -0.15) is 0 Å². The Morgan fingerprint density at radius 1 is 0.800 bits per heavy atom. The number of amides is 1. The summed E-state index contributed by atoms with van der Waals surface area (Å²) in [7, 11) is 0. The molecule has 2 aromatic heterocycles. The summed E-state index contributed by atoms with van der Waals surface area (Å²) < 4.78 is 1.58. The van der Waals surface area contributed by atoms with Gasteiger partial charge in [0.1, 0.15) is 0 Å². The Morgan fingerprint density at radius 3 is 2.14 bits per heavy atom. The van der Waals surface area contributed by atoms with E-state index in [1.807, 2.05) is 99.0 Å². The summed E-state index contributed by atoms with van der Waals surface area (Å²) in [4.78, 5) is 30.9. The molecule has 5 nitrogen and oxygen atoms in total. The Morgan fingerprint density at radius 2 is 1.49 bits per heavy atom. The zero-order valence-electron chi connectivity index (χ0n) is 19.7. The van der Waals surface area contributed by atoms with Gasteiger partial charge >= 0.3 is 0 Å². The molecule has 0 saturated carbocycles. The second kappa shape index (κ2) is 9.39. The number of carbonyl (C=O) groups excluding carboxylic acids is 2. The third kappa shape index (κ3) is 4.89. The summed E-state index contributed by atoms with van der Waals surface area (Å²) in [6, 6.07) is 25.1. The van der Waals surface area contributed by atoms with Crippen LogP contribution in [-0.2, 0) is 6.54 Å². The van der Waals surface area contributed by atoms with Gasteiger partial charge in [-0.05, 0) is 65.6 Å². The van der Waals surface area contributed by atoms with Crippen molar-refractivity contribution in [2.45, 2.75) is 20.4 Å². The summed E-state index contributed by atoms with van der Waals surface area (Å²) in [6.45, 7) is 4.30. The fourth-order valence-corrected chi connectivity index (χ4v) is 4.03. The summed E-state index contributed by atoms with van der Waals surface area (Å²) in [5.41, 5.74) is 5.62. The number of rotatable bonds is 5. The van der Waals surface area contributed by atoms with Crippen LogP contribution in [0.2, 0.25) is 0 Å². The zero-order chi connectivity index (χ0) is 24.4. The van der Waals surface area contributed by atoms with Crippen molar-refractivity contribution in [3.63, 3.8) is 0 Å². The van der Waals surface area contributed by atoms with E-state index in [0.717, 1.165) is 38.7 Å². The van der Waals surface area contributed by atoms with E-state index in [9.17, 15) is 9.59 Å². The number of aryl methyl sites for hydroxylation is 2. The van der Waals surface area contributed by atoms with Crippen LogP contribution < -0.4 is 5.32 Å². The van der Waals surface area contributed by atoms with Crippen LogP contribution in [0.25, 0.3) is 21.9 Å². The molecule has 5 heteroatoms. The van der Waals surface area contributed by atoms with Crippen LogP contribution >= 0.6 is 0 Å². The van der Waals surface area contributed by atoms with Crippen LogP contribution in [0.5, 0.6) is 0 Å². The summed E-state index contributed by atoms with van der Waals surface area (Å²) in [6.07, 6.45) is 5.39. The van der Waals surface area contributed by atoms with E-state index in [1.54, 1.807) is 16.8 Å². The number of nitrogens with zero attached hydrogens (tertiary/aromatic N) is 2. The smallest absolute Gasteiger partial charge is 0.261 e. The molecule has 3 aromatic carbocycles. The number of benzene rings is 3. The van der Waals surface area contributed by atoms with E-state index in [2.05, 4.69) is 10.3 Å². The van der Waals surface area contributed by atoms with Crippen LogP contribution in [-0.4, -0.2) is 21.4 Å². The van der Waals surface area contributed by atoms with Gasteiger partial charge in [0.25, 0.3) is 11.8 Å². The molecule has 0 fully saturated rings. The standard InChI is InChI=1S/C30H25N3O2/c1-20-7-11-23(12-8-20)26-13-27(29(34)32-17-22-10-9-21(2)31-16-22)15-28(14-26)30(35)33-18-24-5-3-4-6-25(24)19-33/h3-16,18-19H,17H2,1-2H3,(H,32,34). The quantitative estimate of drug-likeness (QED) is 0.354. The minimum Gasteiger partial charge on any atom is -0.348 e. The first-order valence-electron chi connectivity index (χ1n) is 11.5. The van der Waals surface area contributed by atoms with E-state index >= 15 is 0 Å². The van der Waals surface area contributed by atoms with Gasteiger partial charge in [0, 0.05) is 42.0 Å². The highest BCUT2D eigenvalue weighted by atomic mass is 16.2. The van der Waals surface area contributed by atoms with Crippen LogP contribution in [0.15, 0.2) is 97.5 Å². The third-order valence-electron chi connectivity index (χ3n) is 6.04. The molecule has 0 aliphatic rings. The van der Waals surface area contributed by atoms with Gasteiger partial charge in [-0.3, -0.25) is 19.1 Å². The molecule has 0 saturated heterocycles. The highest BCUT2D eigenvalue weighted by Crippen LogP contribution is 2.25. The molecule has 172 valence electrons. The maximum absolute atomic E-state index is 13.5. The fourth-order valence-electron chi connectivity index (χ4n) is 4.03. The maximum atomic E-state index is 13.5. The molecule has 35 heavy (non-hydrogen) atoms. The molecule has 5 aromatic rings. The largest absolute Gasteiger partial charge is 0.348 e. The van der Waals surface area contributed by atoms with E-state index in [4.69, 9.17) is 0 Å². The summed E-state index contributed by atoms with van der Waals surface area (Å²) in [5, 5.41) is 4.93. The fraction of sp³-hybridized carbons (Fsp3) is 0.100. The van der Waals surface area contributed by atoms with Crippen molar-refractivity contribution in [2.75, 3.05) is 0 Å². The first-order valence-corrected chi connectivity index (χ1v) is 11.5. The average Bonchev–Trinajstić information content (AvgIpc) is 3.32. The molecular weight excluding hydrogens is 434 g/mol. The van der Waals surface area contributed by atoms with Crippen molar-refractivity contribution in [3.8, 4) is 11.1 Å². The van der Waals surface area contributed by atoms with Gasteiger partial charge < -0.3 is 5.32 Å². The molecule has 1 N–H and O–H groups in total. The Bertz CT molecular complexity index is 1500. The SMILES string of the molecule is Cc1ccc(-c2cc(C(=O)NCc3ccc(C)nc3)cc(C(=O)n3cc4ccccc4c3)c2)cc1. The zero-order valence-corrected chi connectivity index (χ0v) is 19.7. The number of nitrogens with one attached hydrogen (secondary N) is 1. The lowest BCUT2D eigenvalue weighted by Gasteiger charge is -2.11. The number of hydrogen-bond acceptors (Lipinski definition) is 3. The van der Waals surface area contributed by atoms with Crippen molar-refractivity contribution in [1.82, 2.24) is 14.9 Å². The van der Waals surface area contributed by atoms with E-state index in [0.29, 0.717) is 17.7 Å². The van der Waals surface area contributed by atoms with Crippen molar-refractivity contribution in [2.24, 2.45) is 0 Å². The molecule has 5 rings (SSSR count). The van der Waals surface area contributed by atoms with Crippen LogP contribution in [0, 0.1) is 13.8 Å². The third-order valence-corrected chi connectivity index (χ3v) is 6.04. The molecule has 1 amide bonds. The monoisotopic (exact) mass is 459 g/mol. The van der Waals surface area contributed by atoms with E-state index in [1.165, 1.54) is 0 Å². The second-order valence-electron chi connectivity index (χ2n) is 8.76. The lowest BCUT2D eigenvalue weighted by Crippen LogP contribution is -2.23. The van der Waals surface area contributed by atoms with Gasteiger partial charge in [0.05, 0.1) is 0 Å². The lowest BCUT2D eigenvalue weighted by molar-refractivity contribution is 0.0951. The van der Waals surface area contributed by atoms with E-state index < -0.39 is 0 Å². The maximum Gasteiger partial charge on any atom is 0.261 e. The number of hydrogen-bond donors (Lipinski definition) is 1. The first kappa shape index (κ1) is 22.3. The molecule has 0 spiro atoms. The molecule has 0 unspecified atom stereocenters. The summed E-state index contributed by atoms with van der Waals surface area (Å²) >= 11 is 0. The molecule has 0 aliphatic heterocycles. The van der Waals surface area contributed by atoms with Gasteiger partial charge in [-0.25, -0.2) is 0 Å². The predicted molar refractivity (Wildman–Crippen MR) is 138 cm³/mol. The minimum absolute atomic E-state index is 0.188. The van der Waals surface area contributed by atoms with Crippen LogP contribution in [0.3, 0.4) is 0 Å². The first-order chi connectivity index (χ1) is 17.0. The van der Waals surface area contributed by atoms with Gasteiger partial charge in [-0.1, -0.05) is 60.2 Å². The van der Waals surface area contributed by atoms with Gasteiger partial charge in [0.2, 0.25) is 0 Å². The molecule has 0 atom stereocenters. The normalized spacial score (nSPS) is 10.9. The molecule has 2 heterocycles. The van der Waals surface area contributed by atoms with Gasteiger partial charge in [-0.15, -0.1) is 0 Å². The van der Waals surface area contributed by atoms with Crippen LogP contribution in [0.1, 0.15) is 37.5 Å². The van der Waals surface area contributed by atoms with Gasteiger partial charge in [0.15, 0.2) is 0 Å². The topological polar surface area (TPSA) is 64.0 Å². The molecule has 0 bridgehead atoms. The van der Waals surface area contributed by atoms with Crippen molar-refractivity contribution in [1.29, 1.82) is 0 Å². The number of aromatic nitrogens is 2. The highest BCUT2D eigenvalue weighted by Gasteiger charge is 2.16. The number of fused-ring (bicyclic) bond motifs is 1. The van der Waals surface area contributed by atoms with Crippen molar-refractivity contribution in [3.05, 3.63) is 125 Å². The van der Waals surface area contributed by atoms with Crippen LogP contribution in [0.4, 0.5) is 0 Å². The predicted octanol–water partition coefficient (Wildman–Crippen LogP) is 5.94. The molecule has 0 aliphatic carbocycles. The highest BCUT2D eigenvalue weighted by molar-refractivity contribution is 6.03. The van der Waals surface area contributed by atoms with Crippen molar-refractivity contribution >= 4 is 22.6 Å². The number of carbonyl (C=O) groups is 2. The van der Waals surface area contributed by atoms with Crippen molar-refractivity contribution < 1.29 is 9.59 Å². The minimum atomic E-state index is -0.244. The number of pyridine rings is 1. The second-order valence-corrected chi connectivity index (χ2v) is 8.76. The Kier molecular flexibility index (Phi) is 5.98. The molecular formula is C30H25N3O2. The Hall–Kier alpha value is -4.51. The lowest BCUT2D eigenvalue weighted by atomic mass is 9.98. The molecule has 0 radical (unpaired) electrons. The van der Waals surface area contributed by atoms with E-state index in [-0.39, 0.29) is 11.8 Å². The Labute approximate surface area is 204 Å².